The number of thioether (sulfide) groups is 1. The van der Waals surface area contributed by atoms with Crippen molar-refractivity contribution >= 4 is 11.8 Å². The van der Waals surface area contributed by atoms with Crippen molar-refractivity contribution in [2.24, 2.45) is 0 Å². The van der Waals surface area contributed by atoms with Crippen molar-refractivity contribution in [2.45, 2.75) is 11.8 Å². The number of aliphatic hydroxyl groups is 1. The van der Waals surface area contributed by atoms with Gasteiger partial charge < -0.3 is 14.6 Å². The van der Waals surface area contributed by atoms with Gasteiger partial charge in [0.25, 0.3) is 0 Å². The lowest BCUT2D eigenvalue weighted by Gasteiger charge is -2.12. The minimum atomic E-state index is 0.166. The Morgan fingerprint density at radius 3 is 2.53 bits per heavy atom. The Morgan fingerprint density at radius 1 is 1.27 bits per heavy atom. The van der Waals surface area contributed by atoms with Crippen molar-refractivity contribution < 1.29 is 14.6 Å². The molecule has 1 aromatic rings. The second kappa shape index (κ2) is 5.88. The highest BCUT2D eigenvalue weighted by atomic mass is 32.2. The van der Waals surface area contributed by atoms with Crippen LogP contribution in [-0.4, -0.2) is 31.7 Å². The van der Waals surface area contributed by atoms with E-state index in [1.165, 1.54) is 0 Å². The third-order valence-electron chi connectivity index (χ3n) is 2.01. The molecule has 0 amide bonds. The second-order valence-corrected chi connectivity index (χ2v) is 4.15. The normalized spacial score (nSPS) is 10.1. The van der Waals surface area contributed by atoms with E-state index in [9.17, 15) is 0 Å². The summed E-state index contributed by atoms with van der Waals surface area (Å²) in [6.07, 6.45) is 0. The fourth-order valence-electron chi connectivity index (χ4n) is 1.31. The number of hydrogen-bond acceptors (Lipinski definition) is 4. The molecule has 0 bridgehead atoms. The summed E-state index contributed by atoms with van der Waals surface area (Å²) in [6, 6.07) is 3.81. The van der Waals surface area contributed by atoms with Gasteiger partial charge in [0.2, 0.25) is 0 Å². The number of rotatable bonds is 5. The summed E-state index contributed by atoms with van der Waals surface area (Å²) in [7, 11) is 3.27. The van der Waals surface area contributed by atoms with Crippen LogP contribution in [0.5, 0.6) is 11.5 Å². The molecule has 84 valence electrons. The van der Waals surface area contributed by atoms with Gasteiger partial charge in [0.05, 0.1) is 25.7 Å². The highest BCUT2D eigenvalue weighted by Gasteiger charge is 2.09. The lowest BCUT2D eigenvalue weighted by Crippen LogP contribution is -1.94. The predicted molar refractivity (Wildman–Crippen MR) is 62.1 cm³/mol. The third-order valence-corrected chi connectivity index (χ3v) is 3.21. The average molecular weight is 228 g/mol. The first kappa shape index (κ1) is 12.2. The van der Waals surface area contributed by atoms with E-state index in [1.54, 1.807) is 26.0 Å². The van der Waals surface area contributed by atoms with E-state index in [-0.39, 0.29) is 6.61 Å². The largest absolute Gasteiger partial charge is 0.497 e. The Balaban J connectivity index is 3.01. The van der Waals surface area contributed by atoms with E-state index in [2.05, 4.69) is 0 Å². The summed E-state index contributed by atoms with van der Waals surface area (Å²) >= 11 is 1.59. The van der Waals surface area contributed by atoms with Crippen LogP contribution in [0.15, 0.2) is 17.0 Å². The van der Waals surface area contributed by atoms with E-state index in [0.717, 1.165) is 22.0 Å². The van der Waals surface area contributed by atoms with Gasteiger partial charge in [-0.1, -0.05) is 0 Å². The quantitative estimate of drug-likeness (QED) is 0.783. The average Bonchev–Trinajstić information content (AvgIpc) is 2.26. The van der Waals surface area contributed by atoms with Crippen molar-refractivity contribution in [2.75, 3.05) is 26.6 Å². The van der Waals surface area contributed by atoms with Gasteiger partial charge in [-0.2, -0.15) is 0 Å². The molecule has 1 rings (SSSR count). The molecule has 0 aliphatic heterocycles. The molecular weight excluding hydrogens is 212 g/mol. The Morgan fingerprint density at radius 2 is 2.00 bits per heavy atom. The summed E-state index contributed by atoms with van der Waals surface area (Å²) < 4.78 is 10.4. The molecule has 15 heavy (non-hydrogen) atoms. The van der Waals surface area contributed by atoms with Crippen LogP contribution in [0.25, 0.3) is 0 Å². The number of ether oxygens (including phenoxy) is 2. The standard InChI is InChI=1S/C11H16O3S/c1-8-6-9(13-2)7-10(14-3)11(8)15-5-4-12/h6-7,12H,4-5H2,1-3H3. The third kappa shape index (κ3) is 3.04. The smallest absolute Gasteiger partial charge is 0.136 e. The highest BCUT2D eigenvalue weighted by Crippen LogP contribution is 2.35. The molecule has 1 aromatic carbocycles. The van der Waals surface area contributed by atoms with E-state index in [4.69, 9.17) is 14.6 Å². The van der Waals surface area contributed by atoms with E-state index in [1.807, 2.05) is 19.1 Å². The first-order valence-electron chi connectivity index (χ1n) is 4.69. The molecule has 0 saturated heterocycles. The number of aryl methyl sites for hydroxylation is 1. The molecule has 1 N–H and O–H groups in total. The van der Waals surface area contributed by atoms with Gasteiger partial charge in [-0.15, -0.1) is 11.8 Å². The van der Waals surface area contributed by atoms with Crippen LogP contribution >= 0.6 is 11.8 Å². The second-order valence-electron chi connectivity index (χ2n) is 3.05. The van der Waals surface area contributed by atoms with Crippen molar-refractivity contribution in [1.82, 2.24) is 0 Å². The summed E-state index contributed by atoms with van der Waals surface area (Å²) in [4.78, 5) is 1.06. The molecule has 0 atom stereocenters. The summed E-state index contributed by atoms with van der Waals surface area (Å²) in [5, 5.41) is 8.80. The van der Waals surface area contributed by atoms with Crippen molar-refractivity contribution in [3.8, 4) is 11.5 Å². The monoisotopic (exact) mass is 228 g/mol. The van der Waals surface area contributed by atoms with Gasteiger partial charge in [0.1, 0.15) is 11.5 Å². The Kier molecular flexibility index (Phi) is 4.78. The maximum absolute atomic E-state index is 8.80. The van der Waals surface area contributed by atoms with Gasteiger partial charge in [-0.3, -0.25) is 0 Å². The van der Waals surface area contributed by atoms with Crippen LogP contribution in [0.2, 0.25) is 0 Å². The fraction of sp³-hybridized carbons (Fsp3) is 0.455. The van der Waals surface area contributed by atoms with Crippen molar-refractivity contribution in [3.05, 3.63) is 17.7 Å². The van der Waals surface area contributed by atoms with Crippen LogP contribution in [0.3, 0.4) is 0 Å². The zero-order chi connectivity index (χ0) is 11.3. The van der Waals surface area contributed by atoms with E-state index in [0.29, 0.717) is 5.75 Å². The Labute approximate surface area is 94.4 Å². The van der Waals surface area contributed by atoms with Crippen LogP contribution in [0.1, 0.15) is 5.56 Å². The minimum absolute atomic E-state index is 0.166. The molecule has 3 nitrogen and oxygen atoms in total. The van der Waals surface area contributed by atoms with Gasteiger partial charge in [-0.25, -0.2) is 0 Å². The van der Waals surface area contributed by atoms with E-state index < -0.39 is 0 Å². The summed E-state index contributed by atoms with van der Waals surface area (Å²) in [5.74, 6) is 2.26. The van der Waals surface area contributed by atoms with Crippen LogP contribution < -0.4 is 9.47 Å². The SMILES string of the molecule is COc1cc(C)c(SCCO)c(OC)c1. The minimum Gasteiger partial charge on any atom is -0.497 e. The molecule has 0 unspecified atom stereocenters. The molecule has 0 heterocycles. The van der Waals surface area contributed by atoms with Crippen LogP contribution in [0, 0.1) is 6.92 Å². The molecule has 0 saturated carbocycles. The van der Waals surface area contributed by atoms with Gasteiger partial charge in [0, 0.05) is 11.8 Å². The molecule has 0 spiro atoms. The maximum atomic E-state index is 8.80. The van der Waals surface area contributed by atoms with Gasteiger partial charge in [-0.05, 0) is 18.6 Å². The number of methoxy groups -OCH3 is 2. The molecule has 4 heteroatoms. The summed E-state index contributed by atoms with van der Waals surface area (Å²) in [5.41, 5.74) is 1.10. The number of aliphatic hydroxyl groups excluding tert-OH is 1. The molecule has 0 aromatic heterocycles. The Hall–Kier alpha value is -0.870. The fourth-order valence-corrected chi connectivity index (χ4v) is 2.18. The molecule has 0 radical (unpaired) electrons. The topological polar surface area (TPSA) is 38.7 Å². The first-order valence-corrected chi connectivity index (χ1v) is 5.67. The maximum Gasteiger partial charge on any atom is 0.136 e. The lowest BCUT2D eigenvalue weighted by atomic mass is 10.2. The molecule has 0 fully saturated rings. The molecular formula is C11H16O3S. The van der Waals surface area contributed by atoms with E-state index >= 15 is 0 Å². The molecule has 0 aliphatic carbocycles. The van der Waals surface area contributed by atoms with Crippen LogP contribution in [0.4, 0.5) is 0 Å². The Bertz CT molecular complexity index is 326. The first-order chi connectivity index (χ1) is 7.22. The van der Waals surface area contributed by atoms with Gasteiger partial charge >= 0.3 is 0 Å². The number of hydrogen-bond donors (Lipinski definition) is 1. The van der Waals surface area contributed by atoms with Crippen LogP contribution in [-0.2, 0) is 0 Å². The molecule has 0 aliphatic rings. The lowest BCUT2D eigenvalue weighted by molar-refractivity contribution is 0.322. The highest BCUT2D eigenvalue weighted by molar-refractivity contribution is 7.99. The van der Waals surface area contributed by atoms with Gasteiger partial charge in [0.15, 0.2) is 0 Å². The van der Waals surface area contributed by atoms with Crippen molar-refractivity contribution in [1.29, 1.82) is 0 Å². The predicted octanol–water partition coefficient (Wildman–Crippen LogP) is 2.10. The number of benzene rings is 1. The van der Waals surface area contributed by atoms with Crippen molar-refractivity contribution in [3.63, 3.8) is 0 Å². The summed E-state index contributed by atoms with van der Waals surface area (Å²) in [6.45, 7) is 2.17. The zero-order valence-corrected chi connectivity index (χ0v) is 10.1. The zero-order valence-electron chi connectivity index (χ0n) is 9.24.